The Hall–Kier alpha value is -1.86. The van der Waals surface area contributed by atoms with Gasteiger partial charge in [0.1, 0.15) is 10.7 Å². The number of furan rings is 1. The van der Waals surface area contributed by atoms with Crippen LogP contribution in [0.2, 0.25) is 0 Å². The van der Waals surface area contributed by atoms with Crippen LogP contribution in [0.4, 0.5) is 5.69 Å². The van der Waals surface area contributed by atoms with Crippen molar-refractivity contribution in [3.05, 3.63) is 42.6 Å². The zero-order valence-corrected chi connectivity index (χ0v) is 10.4. The van der Waals surface area contributed by atoms with Gasteiger partial charge < -0.3 is 10.2 Å². The predicted molar refractivity (Wildman–Crippen MR) is 66.2 cm³/mol. The molecule has 0 aliphatic heterocycles. The normalized spacial score (nSPS) is 11.6. The van der Waals surface area contributed by atoms with Gasteiger partial charge in [0, 0.05) is 25.4 Å². The summed E-state index contributed by atoms with van der Waals surface area (Å²) in [6, 6.07) is 4.98. The van der Waals surface area contributed by atoms with E-state index in [4.69, 9.17) is 10.2 Å². The Morgan fingerprint density at radius 2 is 2.22 bits per heavy atom. The van der Waals surface area contributed by atoms with E-state index in [1.54, 1.807) is 18.4 Å². The van der Waals surface area contributed by atoms with Crippen LogP contribution in [-0.2, 0) is 16.4 Å². The summed E-state index contributed by atoms with van der Waals surface area (Å²) in [5.41, 5.74) is 5.77. The molecular weight excluding hydrogens is 254 g/mol. The molecular formula is C11H13N3O3S. The van der Waals surface area contributed by atoms with Crippen LogP contribution in [0.1, 0.15) is 5.76 Å². The highest BCUT2D eigenvalue weighted by molar-refractivity contribution is 7.89. The Labute approximate surface area is 105 Å². The molecule has 2 aromatic heterocycles. The Kier molecular flexibility index (Phi) is 3.63. The van der Waals surface area contributed by atoms with E-state index < -0.39 is 10.0 Å². The van der Waals surface area contributed by atoms with Gasteiger partial charge in [-0.1, -0.05) is 0 Å². The molecule has 0 spiro atoms. The number of nitrogen functional groups attached to an aromatic ring is 1. The maximum atomic E-state index is 11.9. The summed E-state index contributed by atoms with van der Waals surface area (Å²) in [6.07, 6.45) is 4.69. The van der Waals surface area contributed by atoms with Gasteiger partial charge in [-0.25, -0.2) is 13.1 Å². The number of hydrogen-bond acceptors (Lipinski definition) is 5. The van der Waals surface area contributed by atoms with E-state index in [0.29, 0.717) is 6.42 Å². The van der Waals surface area contributed by atoms with E-state index in [0.717, 1.165) is 5.76 Å². The van der Waals surface area contributed by atoms with E-state index in [-0.39, 0.29) is 17.1 Å². The third kappa shape index (κ3) is 2.88. The molecule has 0 bridgehead atoms. The van der Waals surface area contributed by atoms with Crippen LogP contribution in [0, 0.1) is 0 Å². The van der Waals surface area contributed by atoms with Crippen molar-refractivity contribution in [2.24, 2.45) is 0 Å². The molecule has 0 aromatic carbocycles. The summed E-state index contributed by atoms with van der Waals surface area (Å²) in [6.45, 7) is 0.240. The fourth-order valence-electron chi connectivity index (χ4n) is 1.46. The summed E-state index contributed by atoms with van der Waals surface area (Å²) in [4.78, 5) is 3.74. The lowest BCUT2D eigenvalue weighted by Gasteiger charge is -2.07. The molecule has 0 radical (unpaired) electrons. The molecule has 7 heteroatoms. The smallest absolute Gasteiger partial charge is 0.244 e. The van der Waals surface area contributed by atoms with E-state index in [1.807, 2.05) is 0 Å². The second-order valence-electron chi connectivity index (χ2n) is 3.64. The van der Waals surface area contributed by atoms with Gasteiger partial charge in [0.2, 0.25) is 10.0 Å². The molecule has 0 aliphatic rings. The minimum atomic E-state index is -3.62. The number of anilines is 1. The van der Waals surface area contributed by atoms with E-state index in [1.165, 1.54) is 18.5 Å². The zero-order chi connectivity index (χ0) is 13.0. The summed E-state index contributed by atoms with van der Waals surface area (Å²) < 4.78 is 31.4. The topological polar surface area (TPSA) is 98.2 Å². The number of sulfonamides is 1. The van der Waals surface area contributed by atoms with Crippen molar-refractivity contribution in [3.8, 4) is 0 Å². The maximum absolute atomic E-state index is 11.9. The van der Waals surface area contributed by atoms with Crippen LogP contribution in [0.15, 0.2) is 46.2 Å². The highest BCUT2D eigenvalue weighted by Crippen LogP contribution is 2.15. The van der Waals surface area contributed by atoms with Gasteiger partial charge in [-0.3, -0.25) is 4.98 Å². The molecule has 0 unspecified atom stereocenters. The number of nitrogens with zero attached hydrogens (tertiary/aromatic N) is 1. The van der Waals surface area contributed by atoms with Crippen molar-refractivity contribution < 1.29 is 12.8 Å². The number of nitrogens with one attached hydrogen (secondary N) is 1. The SMILES string of the molecule is Nc1ccncc1S(=O)(=O)NCCc1ccco1. The fraction of sp³-hybridized carbons (Fsp3) is 0.182. The molecule has 6 nitrogen and oxygen atoms in total. The Morgan fingerprint density at radius 3 is 2.89 bits per heavy atom. The maximum Gasteiger partial charge on any atom is 0.244 e. The average Bonchev–Trinajstić information content (AvgIpc) is 2.82. The van der Waals surface area contributed by atoms with Crippen LogP contribution >= 0.6 is 0 Å². The molecule has 18 heavy (non-hydrogen) atoms. The van der Waals surface area contributed by atoms with Crippen LogP contribution in [0.25, 0.3) is 0 Å². The van der Waals surface area contributed by atoms with Crippen molar-refractivity contribution in [1.29, 1.82) is 0 Å². The highest BCUT2D eigenvalue weighted by Gasteiger charge is 2.16. The quantitative estimate of drug-likeness (QED) is 0.834. The van der Waals surface area contributed by atoms with Gasteiger partial charge in [-0.15, -0.1) is 0 Å². The largest absolute Gasteiger partial charge is 0.469 e. The predicted octanol–water partition coefficient (Wildman–Crippen LogP) is 0.778. The number of nitrogens with two attached hydrogens (primary N) is 1. The zero-order valence-electron chi connectivity index (χ0n) is 9.54. The first-order valence-electron chi connectivity index (χ1n) is 5.31. The van der Waals surface area contributed by atoms with Crippen LogP contribution in [0.3, 0.4) is 0 Å². The molecule has 2 heterocycles. The monoisotopic (exact) mass is 267 g/mol. The number of hydrogen-bond donors (Lipinski definition) is 2. The first-order valence-corrected chi connectivity index (χ1v) is 6.79. The van der Waals surface area contributed by atoms with Gasteiger partial charge >= 0.3 is 0 Å². The summed E-state index contributed by atoms with van der Waals surface area (Å²) in [5.74, 6) is 0.719. The molecule has 0 amide bonds. The minimum absolute atomic E-state index is 0.00977. The summed E-state index contributed by atoms with van der Waals surface area (Å²) in [5, 5.41) is 0. The van der Waals surface area contributed by atoms with Crippen LogP contribution < -0.4 is 10.5 Å². The first kappa shape index (κ1) is 12.6. The Bertz CT molecular complexity index is 608. The van der Waals surface area contributed by atoms with E-state index in [9.17, 15) is 8.42 Å². The van der Waals surface area contributed by atoms with Gasteiger partial charge in [0.25, 0.3) is 0 Å². The van der Waals surface area contributed by atoms with Gasteiger partial charge in [0.05, 0.1) is 12.0 Å². The second-order valence-corrected chi connectivity index (χ2v) is 5.38. The summed E-state index contributed by atoms with van der Waals surface area (Å²) in [7, 11) is -3.62. The number of aromatic nitrogens is 1. The molecule has 2 rings (SSSR count). The van der Waals surface area contributed by atoms with Crippen molar-refractivity contribution >= 4 is 15.7 Å². The summed E-state index contributed by atoms with van der Waals surface area (Å²) >= 11 is 0. The highest BCUT2D eigenvalue weighted by atomic mass is 32.2. The lowest BCUT2D eigenvalue weighted by Crippen LogP contribution is -2.26. The molecule has 0 saturated heterocycles. The average molecular weight is 267 g/mol. The second kappa shape index (κ2) is 5.19. The molecule has 0 saturated carbocycles. The van der Waals surface area contributed by atoms with Crippen molar-refractivity contribution in [1.82, 2.24) is 9.71 Å². The lowest BCUT2D eigenvalue weighted by molar-refractivity contribution is 0.506. The minimum Gasteiger partial charge on any atom is -0.469 e. The number of pyridine rings is 1. The van der Waals surface area contributed by atoms with Crippen LogP contribution in [0.5, 0.6) is 0 Å². The molecule has 0 fully saturated rings. The third-order valence-electron chi connectivity index (χ3n) is 2.35. The van der Waals surface area contributed by atoms with Crippen molar-refractivity contribution in [3.63, 3.8) is 0 Å². The standard InChI is InChI=1S/C11H13N3O3S/c12-10-4-5-13-8-11(10)18(15,16)14-6-3-9-2-1-7-17-9/h1-2,4-5,7-8,14H,3,6H2,(H2,12,13). The molecule has 96 valence electrons. The third-order valence-corrected chi connectivity index (χ3v) is 3.85. The molecule has 0 atom stereocenters. The number of rotatable bonds is 5. The fourth-order valence-corrected chi connectivity index (χ4v) is 2.56. The lowest BCUT2D eigenvalue weighted by atomic mass is 10.3. The van der Waals surface area contributed by atoms with Gasteiger partial charge in [-0.2, -0.15) is 0 Å². The Morgan fingerprint density at radius 1 is 1.39 bits per heavy atom. The van der Waals surface area contributed by atoms with Gasteiger partial charge in [-0.05, 0) is 18.2 Å². The molecule has 0 aliphatic carbocycles. The molecule has 2 aromatic rings. The van der Waals surface area contributed by atoms with E-state index in [2.05, 4.69) is 9.71 Å². The molecule has 3 N–H and O–H groups in total. The van der Waals surface area contributed by atoms with Crippen molar-refractivity contribution in [2.75, 3.05) is 12.3 Å². The van der Waals surface area contributed by atoms with Crippen LogP contribution in [-0.4, -0.2) is 19.9 Å². The van der Waals surface area contributed by atoms with Gasteiger partial charge in [0.15, 0.2) is 0 Å². The Balaban J connectivity index is 2.02. The first-order chi connectivity index (χ1) is 8.59. The van der Waals surface area contributed by atoms with E-state index >= 15 is 0 Å². The van der Waals surface area contributed by atoms with Crippen molar-refractivity contribution in [2.45, 2.75) is 11.3 Å².